The predicted molar refractivity (Wildman–Crippen MR) is 125 cm³/mol. The molecular weight excluding hydrogens is 422 g/mol. The lowest BCUT2D eigenvalue weighted by molar-refractivity contribution is 0.0946. The van der Waals surface area contributed by atoms with E-state index in [1.165, 1.54) is 12.8 Å². The molecule has 1 atom stereocenters. The number of aromatic nitrogens is 2. The van der Waals surface area contributed by atoms with E-state index in [1.807, 2.05) is 47.8 Å². The van der Waals surface area contributed by atoms with Crippen LogP contribution in [-0.4, -0.2) is 44.9 Å². The number of rotatable bonds is 6. The minimum atomic E-state index is -1.21. The third-order valence-corrected chi connectivity index (χ3v) is 7.35. The highest BCUT2D eigenvalue weighted by atomic mass is 32.2. The summed E-state index contributed by atoms with van der Waals surface area (Å²) in [5.41, 5.74) is 11.2. The predicted octanol–water partition coefficient (Wildman–Crippen LogP) is 3.04. The summed E-state index contributed by atoms with van der Waals surface area (Å²) in [5.74, 6) is 1.06. The van der Waals surface area contributed by atoms with Crippen LogP contribution in [-0.2, 0) is 17.8 Å². The number of carbonyl (C=O) groups is 1. The second kappa shape index (κ2) is 8.54. The molecule has 3 aromatic rings. The number of nitrogens with one attached hydrogen (secondary N) is 1. The van der Waals surface area contributed by atoms with Gasteiger partial charge in [0.2, 0.25) is 0 Å². The van der Waals surface area contributed by atoms with Gasteiger partial charge in [0.1, 0.15) is 5.82 Å². The molecule has 3 heterocycles. The standard InChI is InChI=1S/C24H25N5O2S/c1-29(14-15-2-3-15)32(31)19-5-7-22(27-13-19)18-11-21(23(25)28-12-18)16-4-6-20-17(10-16)8-9-26-24(20)30/h4-7,10-13,15H,2-3,8-9,14H2,1H3,(H2,25,28)(H,26,30). The van der Waals surface area contributed by atoms with E-state index in [9.17, 15) is 9.35 Å². The number of hydrogen-bond donors (Lipinski definition) is 2. The molecule has 2 aliphatic rings. The minimum Gasteiger partial charge on any atom is -0.593 e. The Hall–Kier alpha value is -2.94. The lowest BCUT2D eigenvalue weighted by atomic mass is 9.94. The van der Waals surface area contributed by atoms with Crippen molar-refractivity contribution in [3.63, 3.8) is 0 Å². The Morgan fingerprint density at radius 2 is 1.97 bits per heavy atom. The smallest absolute Gasteiger partial charge is 0.251 e. The Morgan fingerprint density at radius 1 is 1.12 bits per heavy atom. The molecule has 8 heteroatoms. The fourth-order valence-corrected chi connectivity index (χ4v) is 5.04. The van der Waals surface area contributed by atoms with Crippen LogP contribution in [0.5, 0.6) is 0 Å². The van der Waals surface area contributed by atoms with E-state index in [1.54, 1.807) is 12.4 Å². The van der Waals surface area contributed by atoms with Gasteiger partial charge in [0, 0.05) is 43.0 Å². The average Bonchev–Trinajstić information content (AvgIpc) is 3.63. The summed E-state index contributed by atoms with van der Waals surface area (Å²) in [5, 5.41) is 2.86. The van der Waals surface area contributed by atoms with Crippen LogP contribution >= 0.6 is 0 Å². The molecular formula is C24H25N5O2S. The number of hydrogen-bond acceptors (Lipinski definition) is 6. The monoisotopic (exact) mass is 447 g/mol. The van der Waals surface area contributed by atoms with Gasteiger partial charge >= 0.3 is 0 Å². The zero-order chi connectivity index (χ0) is 22.2. The van der Waals surface area contributed by atoms with Gasteiger partial charge in [-0.3, -0.25) is 9.78 Å². The lowest BCUT2D eigenvalue weighted by Crippen LogP contribution is -2.31. The van der Waals surface area contributed by atoms with Gasteiger partial charge in [0.15, 0.2) is 4.90 Å². The van der Waals surface area contributed by atoms with Crippen LogP contribution in [0.4, 0.5) is 5.82 Å². The number of nitrogens with two attached hydrogens (primary N) is 1. The average molecular weight is 448 g/mol. The second-order valence-corrected chi connectivity index (χ2v) is 10.0. The van der Waals surface area contributed by atoms with E-state index >= 15 is 0 Å². The van der Waals surface area contributed by atoms with Gasteiger partial charge in [-0.2, -0.15) is 0 Å². The molecule has 2 aromatic heterocycles. The first-order chi connectivity index (χ1) is 15.5. The van der Waals surface area contributed by atoms with Crippen molar-refractivity contribution >= 4 is 23.1 Å². The van der Waals surface area contributed by atoms with Crippen molar-refractivity contribution in [3.05, 3.63) is 59.9 Å². The van der Waals surface area contributed by atoms with Crippen molar-refractivity contribution < 1.29 is 9.35 Å². The molecule has 1 unspecified atom stereocenters. The Morgan fingerprint density at radius 3 is 2.72 bits per heavy atom. The first-order valence-corrected chi connectivity index (χ1v) is 11.9. The number of nitrogens with zero attached hydrogens (tertiary/aromatic N) is 3. The van der Waals surface area contributed by atoms with Gasteiger partial charge in [-0.1, -0.05) is 12.1 Å². The van der Waals surface area contributed by atoms with Crippen molar-refractivity contribution in [1.82, 2.24) is 19.6 Å². The largest absolute Gasteiger partial charge is 0.593 e. The summed E-state index contributed by atoms with van der Waals surface area (Å²) in [4.78, 5) is 21.6. The zero-order valence-electron chi connectivity index (χ0n) is 17.9. The Bertz CT molecular complexity index is 1160. The molecule has 32 heavy (non-hydrogen) atoms. The highest BCUT2D eigenvalue weighted by Crippen LogP contribution is 2.32. The highest BCUT2D eigenvalue weighted by Gasteiger charge is 2.28. The summed E-state index contributed by atoms with van der Waals surface area (Å²) >= 11 is -1.21. The summed E-state index contributed by atoms with van der Waals surface area (Å²) < 4.78 is 14.6. The van der Waals surface area contributed by atoms with E-state index in [4.69, 9.17) is 5.73 Å². The Kier molecular flexibility index (Phi) is 5.58. The molecule has 5 rings (SSSR count). The quantitative estimate of drug-likeness (QED) is 0.563. The molecule has 0 radical (unpaired) electrons. The van der Waals surface area contributed by atoms with Gasteiger partial charge in [0.25, 0.3) is 5.91 Å². The Balaban J connectivity index is 1.41. The van der Waals surface area contributed by atoms with Crippen LogP contribution in [0.3, 0.4) is 0 Å². The second-order valence-electron chi connectivity index (χ2n) is 8.42. The maximum Gasteiger partial charge on any atom is 0.251 e. The van der Waals surface area contributed by atoms with Gasteiger partial charge in [0.05, 0.1) is 23.3 Å². The SMILES string of the molecule is CN(CC1CC1)[S+]([O-])c1ccc(-c2cnc(N)c(-c3ccc4c(c3)CCNC4=O)c2)nc1. The molecule has 0 bridgehead atoms. The summed E-state index contributed by atoms with van der Waals surface area (Å²) in [6.45, 7) is 1.48. The molecule has 164 valence electrons. The fraction of sp³-hybridized carbons (Fsp3) is 0.292. The molecule has 1 aliphatic carbocycles. The number of anilines is 1. The van der Waals surface area contributed by atoms with Crippen LogP contribution in [0.15, 0.2) is 53.7 Å². The first kappa shape index (κ1) is 20.9. The molecule has 1 aliphatic heterocycles. The number of nitrogen functional groups attached to an aromatic ring is 1. The Labute approximate surface area is 190 Å². The van der Waals surface area contributed by atoms with Gasteiger partial charge < -0.3 is 15.6 Å². The number of benzene rings is 1. The third-order valence-electron chi connectivity index (χ3n) is 5.99. The molecule has 3 N–H and O–H groups in total. The minimum absolute atomic E-state index is 0.0397. The number of pyridine rings is 2. The third kappa shape index (κ3) is 4.21. The molecule has 7 nitrogen and oxygen atoms in total. The van der Waals surface area contributed by atoms with E-state index in [0.717, 1.165) is 40.9 Å². The maximum absolute atomic E-state index is 12.7. The lowest BCUT2D eigenvalue weighted by Gasteiger charge is -2.19. The first-order valence-electron chi connectivity index (χ1n) is 10.8. The fourth-order valence-electron chi connectivity index (χ4n) is 4.01. The maximum atomic E-state index is 12.7. The number of fused-ring (bicyclic) bond motifs is 1. The van der Waals surface area contributed by atoms with E-state index in [0.29, 0.717) is 28.7 Å². The van der Waals surface area contributed by atoms with Crippen LogP contribution in [0, 0.1) is 5.92 Å². The van der Waals surface area contributed by atoms with Crippen LogP contribution < -0.4 is 11.1 Å². The van der Waals surface area contributed by atoms with Gasteiger partial charge in [-0.05, 0) is 60.6 Å². The van der Waals surface area contributed by atoms with E-state index in [-0.39, 0.29) is 5.91 Å². The van der Waals surface area contributed by atoms with Crippen LogP contribution in [0.1, 0.15) is 28.8 Å². The molecule has 0 spiro atoms. The summed E-state index contributed by atoms with van der Waals surface area (Å²) in [7, 11) is 1.89. The molecule has 1 amide bonds. The number of carbonyl (C=O) groups excluding carboxylic acids is 1. The van der Waals surface area contributed by atoms with Crippen LogP contribution in [0.2, 0.25) is 0 Å². The highest BCUT2D eigenvalue weighted by molar-refractivity contribution is 7.89. The normalized spacial score (nSPS) is 16.5. The molecule has 1 saturated carbocycles. The van der Waals surface area contributed by atoms with Crippen molar-refractivity contribution in [2.45, 2.75) is 24.2 Å². The molecule has 0 saturated heterocycles. The van der Waals surface area contributed by atoms with Crippen molar-refractivity contribution in [2.75, 3.05) is 25.9 Å². The van der Waals surface area contributed by atoms with Crippen LogP contribution in [0.25, 0.3) is 22.4 Å². The van der Waals surface area contributed by atoms with E-state index in [2.05, 4.69) is 15.3 Å². The molecule has 1 aromatic carbocycles. The summed E-state index contributed by atoms with van der Waals surface area (Å²) in [6, 6.07) is 11.4. The zero-order valence-corrected chi connectivity index (χ0v) is 18.7. The van der Waals surface area contributed by atoms with Crippen molar-refractivity contribution in [2.24, 2.45) is 5.92 Å². The van der Waals surface area contributed by atoms with E-state index < -0.39 is 11.4 Å². The van der Waals surface area contributed by atoms with Crippen molar-refractivity contribution in [3.8, 4) is 22.4 Å². The summed E-state index contributed by atoms with van der Waals surface area (Å²) in [6.07, 6.45) is 6.60. The molecule has 1 fully saturated rings. The topological polar surface area (TPSA) is 107 Å². The van der Waals surface area contributed by atoms with Gasteiger partial charge in [-0.25, -0.2) is 4.98 Å². The van der Waals surface area contributed by atoms with Crippen molar-refractivity contribution in [1.29, 1.82) is 0 Å². The van der Waals surface area contributed by atoms with Gasteiger partial charge in [-0.15, -0.1) is 4.31 Å². The number of amides is 1.